The number of aliphatic hydroxyl groups excluding tert-OH is 2. The number of benzene rings is 2. The number of carbonyl (C=O) groups excluding carboxylic acids is 8. The third-order valence-corrected chi connectivity index (χ3v) is 11.8. The fraction of sp³-hybridized carbons (Fsp3) is 0.520. The Hall–Kier alpha value is -7.24. The lowest BCUT2D eigenvalue weighted by Crippen LogP contribution is -2.61. The third kappa shape index (κ3) is 20.1. The quantitative estimate of drug-likeness (QED) is 0.0361. The van der Waals surface area contributed by atoms with Crippen LogP contribution in [0.25, 0.3) is 0 Å². The highest BCUT2D eigenvalue weighted by atomic mass is 16.4. The highest BCUT2D eigenvalue weighted by Crippen LogP contribution is 2.13. The van der Waals surface area contributed by atoms with Crippen LogP contribution < -0.4 is 48.3 Å². The molecule has 0 saturated heterocycles. The number of aromatic amines is 1. The number of nitrogens with one attached hydrogen (secondary N) is 9. The van der Waals surface area contributed by atoms with Gasteiger partial charge in [-0.3, -0.25) is 38.4 Å². The van der Waals surface area contributed by atoms with Crippen LogP contribution >= 0.6 is 0 Å². The number of aliphatic carboxylic acids is 1. The van der Waals surface area contributed by atoms with E-state index in [1.807, 2.05) is 0 Å². The Morgan fingerprint density at radius 2 is 1.11 bits per heavy atom. The first-order chi connectivity index (χ1) is 34.5. The largest absolute Gasteiger partial charge is 0.480 e. The normalized spacial score (nSPS) is 15.3. The molecule has 0 aliphatic carbocycles. The second-order valence-electron chi connectivity index (χ2n) is 18.8. The molecule has 3 aromatic rings. The number of aromatic nitrogens is 2. The molecule has 0 bridgehead atoms. The predicted molar refractivity (Wildman–Crippen MR) is 267 cm³/mol. The number of amides is 8. The third-order valence-electron chi connectivity index (χ3n) is 11.8. The first-order valence-corrected chi connectivity index (χ1v) is 24.3. The summed E-state index contributed by atoms with van der Waals surface area (Å²) in [6.07, 6.45) is 1.73. The molecule has 73 heavy (non-hydrogen) atoms. The Bertz CT molecular complexity index is 2280. The van der Waals surface area contributed by atoms with E-state index in [0.717, 1.165) is 5.56 Å². The molecule has 0 saturated carbocycles. The average Bonchev–Trinajstić information content (AvgIpc) is 3.87. The van der Waals surface area contributed by atoms with E-state index in [4.69, 9.17) is 5.73 Å². The molecule has 400 valence electrons. The molecule has 3 rings (SSSR count). The number of carboxylic acid groups (broad SMARTS) is 1. The maximum absolute atomic E-state index is 14.1. The van der Waals surface area contributed by atoms with Crippen molar-refractivity contribution in [1.82, 2.24) is 52.5 Å². The van der Waals surface area contributed by atoms with Crippen molar-refractivity contribution in [2.75, 3.05) is 13.2 Å². The second-order valence-corrected chi connectivity index (χ2v) is 18.8. The maximum Gasteiger partial charge on any atom is 0.326 e. The SMILES string of the molecule is CC[C@H](C)[C@H](NC(=O)[C@H](CC(C)C)NC(=O)CNC(=O)[C@@H](NC(=O)[C@@H](N)Cc1ccccc1)[C@@H](C)O)C(=O)N[C@@H](CO)C(=O)N[C@@H](Cc1ccccc1)C(=O)N[C@@H](Cc1cnc[nH]1)C(=O)N[C@H](C(=O)O)C(C)C. The molecule has 0 aliphatic heterocycles. The van der Waals surface area contributed by atoms with Gasteiger partial charge in [0.25, 0.3) is 0 Å². The fourth-order valence-corrected chi connectivity index (χ4v) is 7.46. The zero-order chi connectivity index (χ0) is 54.4. The van der Waals surface area contributed by atoms with Crippen molar-refractivity contribution < 1.29 is 58.5 Å². The van der Waals surface area contributed by atoms with Crippen molar-refractivity contribution in [3.8, 4) is 0 Å². The Morgan fingerprint density at radius 3 is 1.62 bits per heavy atom. The minimum atomic E-state index is -1.67. The molecule has 23 heteroatoms. The zero-order valence-corrected chi connectivity index (χ0v) is 42.3. The van der Waals surface area contributed by atoms with E-state index in [9.17, 15) is 58.5 Å². The molecule has 0 aliphatic rings. The van der Waals surface area contributed by atoms with E-state index in [2.05, 4.69) is 52.5 Å². The monoisotopic (exact) mass is 1020 g/mol. The molecule has 0 unspecified atom stereocenters. The summed E-state index contributed by atoms with van der Waals surface area (Å²) in [5.74, 6) is -9.29. The molecule has 14 N–H and O–H groups in total. The first-order valence-electron chi connectivity index (χ1n) is 24.3. The summed E-state index contributed by atoms with van der Waals surface area (Å²) in [6, 6.07) is 6.67. The van der Waals surface area contributed by atoms with Crippen molar-refractivity contribution in [3.63, 3.8) is 0 Å². The lowest BCUT2D eigenvalue weighted by Gasteiger charge is -2.29. The van der Waals surface area contributed by atoms with Gasteiger partial charge in [-0.2, -0.15) is 0 Å². The molecular formula is C50H73N11O12. The van der Waals surface area contributed by atoms with Crippen molar-refractivity contribution >= 4 is 53.2 Å². The Morgan fingerprint density at radius 1 is 0.603 bits per heavy atom. The summed E-state index contributed by atoms with van der Waals surface area (Å²) in [4.78, 5) is 128. The molecule has 0 radical (unpaired) electrons. The lowest BCUT2D eigenvalue weighted by molar-refractivity contribution is -0.143. The highest BCUT2D eigenvalue weighted by Gasteiger charge is 2.36. The van der Waals surface area contributed by atoms with Crippen LogP contribution in [0, 0.1) is 17.8 Å². The minimum absolute atomic E-state index is 0.0842. The highest BCUT2D eigenvalue weighted by molar-refractivity contribution is 5.98. The molecule has 1 aromatic heterocycles. The molecule has 23 nitrogen and oxygen atoms in total. The summed E-state index contributed by atoms with van der Waals surface area (Å²) in [5, 5.41) is 50.7. The van der Waals surface area contributed by atoms with E-state index in [1.165, 1.54) is 19.4 Å². The molecule has 0 spiro atoms. The number of carboxylic acids is 1. The van der Waals surface area contributed by atoms with Gasteiger partial charge in [-0.05, 0) is 48.6 Å². The fourth-order valence-electron chi connectivity index (χ4n) is 7.46. The molecule has 1 heterocycles. The van der Waals surface area contributed by atoms with E-state index in [-0.39, 0.29) is 31.6 Å². The van der Waals surface area contributed by atoms with Crippen LogP contribution in [0.4, 0.5) is 0 Å². The van der Waals surface area contributed by atoms with Gasteiger partial charge in [0.05, 0.1) is 31.6 Å². The van der Waals surface area contributed by atoms with Gasteiger partial charge in [0.2, 0.25) is 47.3 Å². The molecule has 8 amide bonds. The number of carbonyl (C=O) groups is 9. The number of hydrogen-bond acceptors (Lipinski definition) is 13. The number of nitrogens with two attached hydrogens (primary N) is 1. The van der Waals surface area contributed by atoms with Gasteiger partial charge in [0, 0.05) is 24.7 Å². The number of H-pyrrole nitrogens is 1. The van der Waals surface area contributed by atoms with Crippen molar-refractivity contribution in [2.24, 2.45) is 23.5 Å². The summed E-state index contributed by atoms with van der Waals surface area (Å²) < 4.78 is 0. The van der Waals surface area contributed by atoms with Gasteiger partial charge in [-0.25, -0.2) is 9.78 Å². The predicted octanol–water partition coefficient (Wildman–Crippen LogP) is -1.52. The van der Waals surface area contributed by atoms with Crippen LogP contribution in [-0.4, -0.2) is 146 Å². The van der Waals surface area contributed by atoms with Crippen LogP contribution in [0.3, 0.4) is 0 Å². The number of aliphatic hydroxyl groups is 2. The Kier molecular flexibility index (Phi) is 24.6. The van der Waals surface area contributed by atoms with Crippen LogP contribution in [-0.2, 0) is 62.4 Å². The van der Waals surface area contributed by atoms with Gasteiger partial charge in [-0.1, -0.05) is 109 Å². The van der Waals surface area contributed by atoms with Gasteiger partial charge < -0.3 is 68.6 Å². The van der Waals surface area contributed by atoms with Gasteiger partial charge in [-0.15, -0.1) is 0 Å². The van der Waals surface area contributed by atoms with Gasteiger partial charge >= 0.3 is 5.97 Å². The molecule has 0 fully saturated rings. The summed E-state index contributed by atoms with van der Waals surface area (Å²) >= 11 is 0. The summed E-state index contributed by atoms with van der Waals surface area (Å²) in [7, 11) is 0. The number of rotatable bonds is 30. The van der Waals surface area contributed by atoms with E-state index in [0.29, 0.717) is 17.7 Å². The maximum atomic E-state index is 14.1. The zero-order valence-electron chi connectivity index (χ0n) is 42.3. The first kappa shape index (κ1) is 60.1. The molecular weight excluding hydrogens is 947 g/mol. The smallest absolute Gasteiger partial charge is 0.326 e. The topological polar surface area (TPSA) is 365 Å². The summed E-state index contributed by atoms with van der Waals surface area (Å²) in [6.45, 7) is 9.85. The van der Waals surface area contributed by atoms with Crippen LogP contribution in [0.2, 0.25) is 0 Å². The van der Waals surface area contributed by atoms with E-state index in [1.54, 1.807) is 102 Å². The Balaban J connectivity index is 1.75. The Labute approximate surface area is 424 Å². The number of nitrogens with zero attached hydrogens (tertiary/aromatic N) is 1. The van der Waals surface area contributed by atoms with Crippen molar-refractivity contribution in [1.29, 1.82) is 0 Å². The second kappa shape index (κ2) is 29.9. The lowest BCUT2D eigenvalue weighted by atomic mass is 9.96. The minimum Gasteiger partial charge on any atom is -0.480 e. The van der Waals surface area contributed by atoms with Crippen LogP contribution in [0.1, 0.15) is 78.1 Å². The number of imidazole rings is 1. The summed E-state index contributed by atoms with van der Waals surface area (Å²) in [5.41, 5.74) is 7.86. The average molecular weight is 1020 g/mol. The van der Waals surface area contributed by atoms with E-state index >= 15 is 0 Å². The molecule has 2 aromatic carbocycles. The molecule has 10 atom stereocenters. The van der Waals surface area contributed by atoms with Crippen LogP contribution in [0.15, 0.2) is 73.2 Å². The van der Waals surface area contributed by atoms with Gasteiger partial charge in [0.1, 0.15) is 42.3 Å². The standard InChI is InChI=1S/C50H73N11O12/c1-8-29(6)41(60-45(67)35(19-27(2)3)55-39(64)24-53-48(70)42(30(7)63)61-43(65)34(51)20-31-15-11-9-12-16-31)49(71)58-38(25-62)47(69)56-36(21-32-17-13-10-14-18-32)44(66)57-37(22-33-23-52-26-54-33)46(68)59-40(28(4)5)50(72)73/h9-18,23,26-30,34-38,40-42,62-63H,8,19-22,24-25,51H2,1-7H3,(H,52,54)(H,53,70)(H,55,64)(H,56,69)(H,57,66)(H,58,71)(H,59,68)(H,60,67)(H,61,65)(H,72,73)/t29-,30+,34-,35-,36-,37-,38-,40-,41-,42-/m0/s1. The number of hydrogen-bond donors (Lipinski definition) is 13. The van der Waals surface area contributed by atoms with Crippen molar-refractivity contribution in [3.05, 3.63) is 90.0 Å². The van der Waals surface area contributed by atoms with Crippen molar-refractivity contribution in [2.45, 2.75) is 135 Å². The van der Waals surface area contributed by atoms with Crippen LogP contribution in [0.5, 0.6) is 0 Å². The van der Waals surface area contributed by atoms with E-state index < -0.39 is 133 Å². The van der Waals surface area contributed by atoms with Gasteiger partial charge in [0.15, 0.2) is 0 Å².